The third-order valence-corrected chi connectivity index (χ3v) is 3.10. The number of hydrogen-bond donors (Lipinski definition) is 0. The van der Waals surface area contributed by atoms with Crippen LogP contribution in [0.2, 0.25) is 0 Å². The van der Waals surface area contributed by atoms with Gasteiger partial charge < -0.3 is 9.53 Å². The highest BCUT2D eigenvalue weighted by Gasteiger charge is 2.18. The molecule has 2 rings (SSSR count). The number of carbonyl (C=O) groups is 2. The van der Waals surface area contributed by atoms with E-state index in [2.05, 4.69) is 15.9 Å². The second-order valence-corrected chi connectivity index (χ2v) is 4.37. The zero-order chi connectivity index (χ0) is 10.8. The molecule has 3 nitrogen and oxygen atoms in total. The van der Waals surface area contributed by atoms with Crippen LogP contribution in [0.3, 0.4) is 0 Å². The number of ether oxygens (including phenoxy) is 1. The first-order chi connectivity index (χ1) is 7.20. The van der Waals surface area contributed by atoms with Gasteiger partial charge in [0.2, 0.25) is 0 Å². The molecule has 1 aromatic carbocycles. The average Bonchev–Trinajstić information content (AvgIpc) is 2.27. The van der Waals surface area contributed by atoms with Crippen molar-refractivity contribution in [3.63, 3.8) is 0 Å². The molecule has 78 valence electrons. The van der Waals surface area contributed by atoms with E-state index in [1.54, 1.807) is 6.07 Å². The molecule has 4 heteroatoms. The van der Waals surface area contributed by atoms with Crippen LogP contribution in [0.25, 0.3) is 0 Å². The summed E-state index contributed by atoms with van der Waals surface area (Å²) in [6.45, 7) is 0. The summed E-state index contributed by atoms with van der Waals surface area (Å²) in [5, 5.41) is 0. The maximum atomic E-state index is 11.1. The van der Waals surface area contributed by atoms with Crippen LogP contribution in [0.1, 0.15) is 22.4 Å². The lowest BCUT2D eigenvalue weighted by molar-refractivity contribution is -0.135. The van der Waals surface area contributed by atoms with Crippen LogP contribution in [0.4, 0.5) is 0 Å². The fraction of sp³-hybridized carbons (Fsp3) is 0.273. The predicted octanol–water partition coefficient (Wildman–Crippen LogP) is 2.17. The summed E-state index contributed by atoms with van der Waals surface area (Å²) in [4.78, 5) is 21.3. The van der Waals surface area contributed by atoms with Gasteiger partial charge >= 0.3 is 5.97 Å². The molecule has 0 amide bonds. The molecule has 0 saturated heterocycles. The normalized spacial score (nSPS) is 16.5. The van der Waals surface area contributed by atoms with E-state index in [1.165, 1.54) is 0 Å². The van der Waals surface area contributed by atoms with Crippen LogP contribution in [-0.4, -0.2) is 12.3 Å². The first kappa shape index (κ1) is 10.4. The second-order valence-electron chi connectivity index (χ2n) is 3.38. The minimum absolute atomic E-state index is 0.211. The standard InChI is InChI=1S/C11H9BrO3/c12-9(6-13)8-2-1-7-3-4-11(14)15-10(7)5-8/h1-2,5-6,9H,3-4H2. The van der Waals surface area contributed by atoms with Crippen LogP contribution in [-0.2, 0) is 16.0 Å². The molecule has 0 radical (unpaired) electrons. The first-order valence-corrected chi connectivity index (χ1v) is 5.55. The fourth-order valence-corrected chi connectivity index (χ4v) is 1.82. The van der Waals surface area contributed by atoms with Gasteiger partial charge in [-0.05, 0) is 23.6 Å². The number of benzene rings is 1. The highest BCUT2D eigenvalue weighted by Crippen LogP contribution is 2.30. The number of aldehydes is 1. The van der Waals surface area contributed by atoms with Crippen LogP contribution in [0.5, 0.6) is 5.75 Å². The third-order valence-electron chi connectivity index (χ3n) is 2.35. The van der Waals surface area contributed by atoms with Crippen molar-refractivity contribution in [2.75, 3.05) is 0 Å². The Morgan fingerprint density at radius 2 is 2.20 bits per heavy atom. The van der Waals surface area contributed by atoms with Gasteiger partial charge in [0.05, 0.1) is 11.2 Å². The van der Waals surface area contributed by atoms with E-state index in [0.29, 0.717) is 18.6 Å². The Labute approximate surface area is 95.6 Å². The van der Waals surface area contributed by atoms with Crippen molar-refractivity contribution in [1.29, 1.82) is 0 Å². The lowest BCUT2D eigenvalue weighted by Crippen LogP contribution is -2.15. The van der Waals surface area contributed by atoms with Gasteiger partial charge in [0.25, 0.3) is 0 Å². The van der Waals surface area contributed by atoms with E-state index in [4.69, 9.17) is 4.74 Å². The van der Waals surface area contributed by atoms with Gasteiger partial charge in [0.15, 0.2) is 0 Å². The number of rotatable bonds is 2. The average molecular weight is 269 g/mol. The third kappa shape index (κ3) is 2.09. The Hall–Kier alpha value is -1.16. The van der Waals surface area contributed by atoms with E-state index in [1.807, 2.05) is 12.1 Å². The number of esters is 1. The Bertz CT molecular complexity index is 414. The Morgan fingerprint density at radius 3 is 2.93 bits per heavy atom. The molecule has 0 bridgehead atoms. The van der Waals surface area contributed by atoms with Gasteiger partial charge in [-0.2, -0.15) is 0 Å². The Balaban J connectivity index is 2.36. The molecule has 0 N–H and O–H groups in total. The summed E-state index contributed by atoms with van der Waals surface area (Å²) >= 11 is 3.22. The first-order valence-electron chi connectivity index (χ1n) is 4.63. The highest BCUT2D eigenvalue weighted by molar-refractivity contribution is 9.09. The SMILES string of the molecule is O=CC(Br)c1ccc2c(c1)OC(=O)CC2. The van der Waals surface area contributed by atoms with Gasteiger partial charge in [-0.1, -0.05) is 28.1 Å². The summed E-state index contributed by atoms with van der Waals surface area (Å²) in [5.41, 5.74) is 1.82. The number of carbonyl (C=O) groups excluding carboxylic acids is 2. The molecular weight excluding hydrogens is 260 g/mol. The van der Waals surface area contributed by atoms with E-state index in [0.717, 1.165) is 17.4 Å². The van der Waals surface area contributed by atoms with Crippen molar-refractivity contribution in [2.24, 2.45) is 0 Å². The quantitative estimate of drug-likeness (QED) is 0.357. The Morgan fingerprint density at radius 1 is 1.40 bits per heavy atom. The molecule has 0 spiro atoms. The van der Waals surface area contributed by atoms with Crippen LogP contribution in [0, 0.1) is 0 Å². The van der Waals surface area contributed by atoms with E-state index in [9.17, 15) is 9.59 Å². The summed E-state index contributed by atoms with van der Waals surface area (Å²) in [5.74, 6) is 0.368. The number of hydrogen-bond acceptors (Lipinski definition) is 3. The molecule has 1 heterocycles. The molecule has 1 atom stereocenters. The van der Waals surface area contributed by atoms with E-state index in [-0.39, 0.29) is 10.8 Å². The van der Waals surface area contributed by atoms with Crippen molar-refractivity contribution in [2.45, 2.75) is 17.7 Å². The molecule has 1 aliphatic rings. The lowest BCUT2D eigenvalue weighted by atomic mass is 10.0. The summed E-state index contributed by atoms with van der Waals surface area (Å²) in [7, 11) is 0. The molecule has 0 aromatic heterocycles. The minimum Gasteiger partial charge on any atom is -0.426 e. The van der Waals surface area contributed by atoms with Gasteiger partial charge in [-0.25, -0.2) is 0 Å². The number of halogens is 1. The zero-order valence-corrected chi connectivity index (χ0v) is 9.49. The van der Waals surface area contributed by atoms with E-state index >= 15 is 0 Å². The van der Waals surface area contributed by atoms with Crippen molar-refractivity contribution in [1.82, 2.24) is 0 Å². The molecule has 1 aliphatic heterocycles. The van der Waals surface area contributed by atoms with Crippen LogP contribution in [0.15, 0.2) is 18.2 Å². The number of alkyl halides is 1. The van der Waals surface area contributed by atoms with Gasteiger partial charge in [-0.3, -0.25) is 4.79 Å². The fourth-order valence-electron chi connectivity index (χ4n) is 1.53. The minimum atomic E-state index is -0.344. The molecule has 0 fully saturated rings. The van der Waals surface area contributed by atoms with Gasteiger partial charge in [-0.15, -0.1) is 0 Å². The molecule has 0 saturated carbocycles. The van der Waals surface area contributed by atoms with Crippen molar-refractivity contribution < 1.29 is 14.3 Å². The van der Waals surface area contributed by atoms with Crippen LogP contribution >= 0.6 is 15.9 Å². The van der Waals surface area contributed by atoms with Crippen molar-refractivity contribution in [3.05, 3.63) is 29.3 Å². The predicted molar refractivity (Wildman–Crippen MR) is 58.1 cm³/mol. The summed E-state index contributed by atoms with van der Waals surface area (Å²) < 4.78 is 5.09. The highest BCUT2D eigenvalue weighted by atomic mass is 79.9. The summed E-state index contributed by atoms with van der Waals surface area (Å²) in [6, 6.07) is 5.50. The van der Waals surface area contributed by atoms with E-state index < -0.39 is 0 Å². The maximum absolute atomic E-state index is 11.1. The molecule has 0 aliphatic carbocycles. The molecule has 1 unspecified atom stereocenters. The van der Waals surface area contributed by atoms with Gasteiger partial charge in [0, 0.05) is 0 Å². The largest absolute Gasteiger partial charge is 0.426 e. The molecule has 15 heavy (non-hydrogen) atoms. The second kappa shape index (κ2) is 4.14. The topological polar surface area (TPSA) is 43.4 Å². The van der Waals surface area contributed by atoms with Crippen molar-refractivity contribution in [3.8, 4) is 5.75 Å². The van der Waals surface area contributed by atoms with Crippen molar-refractivity contribution >= 4 is 28.2 Å². The smallest absolute Gasteiger partial charge is 0.311 e. The lowest BCUT2D eigenvalue weighted by Gasteiger charge is -2.16. The maximum Gasteiger partial charge on any atom is 0.311 e. The molecular formula is C11H9BrO3. The monoisotopic (exact) mass is 268 g/mol. The Kier molecular flexibility index (Phi) is 2.86. The number of aryl methyl sites for hydroxylation is 1. The van der Waals surface area contributed by atoms with Crippen LogP contribution < -0.4 is 4.74 Å². The zero-order valence-electron chi connectivity index (χ0n) is 7.90. The molecule has 1 aromatic rings. The number of fused-ring (bicyclic) bond motifs is 1. The van der Waals surface area contributed by atoms with Gasteiger partial charge in [0.1, 0.15) is 12.0 Å². The summed E-state index contributed by atoms with van der Waals surface area (Å²) in [6.07, 6.45) is 1.94.